The van der Waals surface area contributed by atoms with Gasteiger partial charge in [0, 0.05) is 12.1 Å². The second-order valence-corrected chi connectivity index (χ2v) is 7.13. The van der Waals surface area contributed by atoms with Crippen molar-refractivity contribution >= 4 is 23.0 Å². The summed E-state index contributed by atoms with van der Waals surface area (Å²) in [7, 11) is 0. The molecule has 1 aromatic heterocycles. The van der Waals surface area contributed by atoms with Crippen LogP contribution in [-0.4, -0.2) is 49.5 Å². The van der Waals surface area contributed by atoms with Crippen LogP contribution >= 0.6 is 0 Å². The Morgan fingerprint density at radius 3 is 2.66 bits per heavy atom. The van der Waals surface area contributed by atoms with Crippen LogP contribution in [0.1, 0.15) is 47.1 Å². The Morgan fingerprint density at radius 1 is 1.22 bits per heavy atom. The van der Waals surface area contributed by atoms with Gasteiger partial charge in [0.2, 0.25) is 11.5 Å². The van der Waals surface area contributed by atoms with E-state index in [9.17, 15) is 4.79 Å². The van der Waals surface area contributed by atoms with Crippen LogP contribution < -0.4 is 5.43 Å². The van der Waals surface area contributed by atoms with Crippen LogP contribution in [0.25, 0.3) is 0 Å². The van der Waals surface area contributed by atoms with E-state index in [4.69, 9.17) is 5.26 Å². The van der Waals surface area contributed by atoms with E-state index in [1.807, 2.05) is 6.07 Å². The van der Waals surface area contributed by atoms with Crippen molar-refractivity contribution in [3.05, 3.63) is 71.0 Å². The van der Waals surface area contributed by atoms with Crippen molar-refractivity contribution in [3.63, 3.8) is 0 Å². The maximum atomic E-state index is 13.0. The maximum Gasteiger partial charge on any atom is 0.273 e. The van der Waals surface area contributed by atoms with E-state index in [1.54, 1.807) is 24.3 Å². The third-order valence-corrected chi connectivity index (χ3v) is 5.05. The van der Waals surface area contributed by atoms with Gasteiger partial charge >= 0.3 is 0 Å². The normalized spacial score (nSPS) is 13.9. The van der Waals surface area contributed by atoms with Crippen molar-refractivity contribution in [2.75, 3.05) is 12.0 Å². The molecular weight excluding hydrogens is 406 g/mol. The first kappa shape index (κ1) is 20.9. The van der Waals surface area contributed by atoms with Crippen molar-refractivity contribution in [3.8, 4) is 6.07 Å². The molecule has 10 heteroatoms. The summed E-state index contributed by atoms with van der Waals surface area (Å²) in [6.07, 6.45) is 2.70. The molecule has 10 nitrogen and oxygen atoms in total. The molecule has 2 aromatic carbocycles. The average Bonchev–Trinajstić information content (AvgIpc) is 3.39. The topological polar surface area (TPSA) is 135 Å². The molecule has 0 radical (unpaired) electrons. The van der Waals surface area contributed by atoms with Crippen molar-refractivity contribution in [2.45, 2.75) is 26.2 Å². The third-order valence-electron chi connectivity index (χ3n) is 5.05. The molecule has 1 aliphatic rings. The Kier molecular flexibility index (Phi) is 6.27. The van der Waals surface area contributed by atoms with E-state index in [0.29, 0.717) is 17.8 Å². The molecule has 0 unspecified atom stereocenters. The lowest BCUT2D eigenvalue weighted by molar-refractivity contribution is 0.0751. The summed E-state index contributed by atoms with van der Waals surface area (Å²) in [6.45, 7) is 2.70. The number of hydrogen-bond donors (Lipinski definition) is 2. The number of H-pyrrole nitrogens is 1. The summed E-state index contributed by atoms with van der Waals surface area (Å²) >= 11 is 0. The van der Waals surface area contributed by atoms with Crippen molar-refractivity contribution in [1.29, 1.82) is 5.26 Å². The smallest absolute Gasteiger partial charge is 0.273 e. The first-order chi connectivity index (χ1) is 15.7. The Hall–Kier alpha value is -4.39. The minimum atomic E-state index is -0.160. The summed E-state index contributed by atoms with van der Waals surface area (Å²) in [5.41, 5.74) is 7.12. The second-order valence-electron chi connectivity index (χ2n) is 7.13. The average molecular weight is 427 g/mol. The molecule has 0 saturated heterocycles. The largest absolute Gasteiger partial charge is 0.277 e. The van der Waals surface area contributed by atoms with E-state index in [2.05, 4.69) is 67.4 Å². The van der Waals surface area contributed by atoms with Gasteiger partial charge in [-0.1, -0.05) is 31.2 Å². The number of amides is 1. The maximum absolute atomic E-state index is 13.0. The molecule has 0 fully saturated rings. The number of tetrazole rings is 1. The minimum Gasteiger partial charge on any atom is -0.277 e. The first-order valence-corrected chi connectivity index (χ1v) is 10.2. The number of carbonyl (C=O) groups excluding carboxylic acids is 1. The lowest BCUT2D eigenvalue weighted by atomic mass is 10.0. The molecule has 0 atom stereocenters. The number of aromatic nitrogens is 4. The van der Waals surface area contributed by atoms with Crippen molar-refractivity contribution in [2.24, 2.45) is 10.2 Å². The first-order valence-electron chi connectivity index (χ1n) is 10.2. The van der Waals surface area contributed by atoms with Crippen LogP contribution in [0.15, 0.2) is 58.7 Å². The molecule has 1 aliphatic heterocycles. The van der Waals surface area contributed by atoms with E-state index >= 15 is 0 Å². The van der Waals surface area contributed by atoms with Crippen LogP contribution in [0, 0.1) is 11.3 Å². The second kappa shape index (κ2) is 9.61. The number of nitrogens with one attached hydrogen (secondary N) is 2. The predicted molar refractivity (Wildman–Crippen MR) is 119 cm³/mol. The van der Waals surface area contributed by atoms with Crippen LogP contribution in [-0.2, 0) is 6.42 Å². The standard InChI is InChI=1S/C22H21N9O/c1-2-15-5-7-16(8-6-15)19-4-3-13-31(28-19)22(32)17-9-11-18(12-10-17)24-25-20(14-23)21-26-29-30-27-21/h5-12,24H,2-4,13H2,1H3,(H,26,27,29,30)/b25-20-. The number of rotatable bonds is 6. The molecule has 4 rings (SSSR count). The number of nitriles is 1. The van der Waals surface area contributed by atoms with Gasteiger partial charge in [-0.2, -0.15) is 20.7 Å². The Morgan fingerprint density at radius 2 is 2.00 bits per heavy atom. The zero-order chi connectivity index (χ0) is 22.3. The summed E-state index contributed by atoms with van der Waals surface area (Å²) in [6, 6.07) is 17.0. The number of anilines is 1. The molecule has 2 N–H and O–H groups in total. The van der Waals surface area contributed by atoms with Gasteiger partial charge in [-0.05, 0) is 59.9 Å². The molecule has 32 heavy (non-hydrogen) atoms. The van der Waals surface area contributed by atoms with E-state index in [1.165, 1.54) is 10.6 Å². The fourth-order valence-corrected chi connectivity index (χ4v) is 3.27. The highest BCUT2D eigenvalue weighted by Gasteiger charge is 2.20. The zero-order valence-electron chi connectivity index (χ0n) is 17.5. The van der Waals surface area contributed by atoms with Crippen LogP contribution in [0.5, 0.6) is 0 Å². The molecular formula is C22H21N9O. The van der Waals surface area contributed by atoms with Crippen LogP contribution in [0.3, 0.4) is 0 Å². The summed E-state index contributed by atoms with van der Waals surface area (Å²) in [5, 5.41) is 32.4. The lowest BCUT2D eigenvalue weighted by Gasteiger charge is -2.24. The van der Waals surface area contributed by atoms with Gasteiger partial charge in [-0.3, -0.25) is 10.2 Å². The van der Waals surface area contributed by atoms with Gasteiger partial charge in [-0.15, -0.1) is 10.2 Å². The molecule has 160 valence electrons. The van der Waals surface area contributed by atoms with Crippen molar-refractivity contribution < 1.29 is 4.79 Å². The Balaban J connectivity index is 1.45. The molecule has 0 aliphatic carbocycles. The van der Waals surface area contributed by atoms with Gasteiger partial charge in [0.15, 0.2) is 0 Å². The van der Waals surface area contributed by atoms with E-state index < -0.39 is 0 Å². The minimum absolute atomic E-state index is 0.0129. The molecule has 2 heterocycles. The number of aromatic amines is 1. The number of nitrogens with zero attached hydrogens (tertiary/aromatic N) is 7. The lowest BCUT2D eigenvalue weighted by Crippen LogP contribution is -2.32. The molecule has 0 spiro atoms. The zero-order valence-corrected chi connectivity index (χ0v) is 17.5. The Bertz CT molecular complexity index is 1170. The summed E-state index contributed by atoms with van der Waals surface area (Å²) < 4.78 is 0. The fourth-order valence-electron chi connectivity index (χ4n) is 3.27. The fraction of sp³-hybridized carbons (Fsp3) is 0.227. The molecule has 0 bridgehead atoms. The number of aryl methyl sites for hydroxylation is 1. The summed E-state index contributed by atoms with van der Waals surface area (Å²) in [5.74, 6) is -0.0677. The third kappa shape index (κ3) is 4.67. The van der Waals surface area contributed by atoms with Gasteiger partial charge in [0.1, 0.15) is 6.07 Å². The highest BCUT2D eigenvalue weighted by atomic mass is 16.2. The number of carbonyl (C=O) groups is 1. The van der Waals surface area contributed by atoms with Gasteiger partial charge in [0.25, 0.3) is 5.91 Å². The van der Waals surface area contributed by atoms with Gasteiger partial charge in [0.05, 0.1) is 11.4 Å². The molecule has 3 aromatic rings. The SMILES string of the molecule is CCc1ccc(C2=NN(C(=O)c3ccc(N/N=C(/C#N)c4nn[nH]n4)cc3)CCC2)cc1. The van der Waals surface area contributed by atoms with Crippen molar-refractivity contribution in [1.82, 2.24) is 25.6 Å². The highest BCUT2D eigenvalue weighted by molar-refractivity contribution is 6.09. The Labute approximate surface area is 184 Å². The monoisotopic (exact) mass is 427 g/mol. The number of hydrogen-bond acceptors (Lipinski definition) is 8. The van der Waals surface area contributed by atoms with Crippen LogP contribution in [0.4, 0.5) is 5.69 Å². The number of hydrazone groups is 2. The van der Waals surface area contributed by atoms with Crippen LogP contribution in [0.2, 0.25) is 0 Å². The summed E-state index contributed by atoms with van der Waals surface area (Å²) in [4.78, 5) is 13.0. The highest BCUT2D eigenvalue weighted by Crippen LogP contribution is 2.18. The predicted octanol–water partition coefficient (Wildman–Crippen LogP) is 2.74. The number of benzene rings is 2. The molecule has 0 saturated carbocycles. The molecule has 1 amide bonds. The quantitative estimate of drug-likeness (QED) is 0.459. The van der Waals surface area contributed by atoms with E-state index in [-0.39, 0.29) is 17.4 Å². The van der Waals surface area contributed by atoms with E-state index in [0.717, 1.165) is 30.5 Å². The van der Waals surface area contributed by atoms with Gasteiger partial charge in [-0.25, -0.2) is 5.01 Å². The van der Waals surface area contributed by atoms with Gasteiger partial charge < -0.3 is 0 Å².